The van der Waals surface area contributed by atoms with E-state index in [4.69, 9.17) is 0 Å². The van der Waals surface area contributed by atoms with Gasteiger partial charge in [0, 0.05) is 13.0 Å². The maximum Gasteiger partial charge on any atom is 0.217 e. The van der Waals surface area contributed by atoms with Gasteiger partial charge in [-0.2, -0.15) is 0 Å². The topological polar surface area (TPSA) is 29.1 Å². The fourth-order valence-electron chi connectivity index (χ4n) is 0.407. The number of amides is 1. The lowest BCUT2D eigenvalue weighted by atomic mass is 10.4. The molecule has 1 N–H and O–H groups in total. The molecule has 0 aromatic carbocycles. The number of nitrogens with one attached hydrogen (secondary N) is 1. The molecule has 0 aromatic heterocycles. The molecule has 0 saturated carbocycles. The highest BCUT2D eigenvalue weighted by Crippen LogP contribution is 1.72. The molecule has 2 nitrogen and oxygen atoms in total. The molecule has 1 amide bonds. The van der Waals surface area contributed by atoms with Crippen LogP contribution in [0.25, 0.3) is 0 Å². The maximum atomic E-state index is 10.1. The van der Waals surface area contributed by atoms with Crippen LogP contribution in [0.3, 0.4) is 0 Å². The molecule has 0 heterocycles. The van der Waals surface area contributed by atoms with Crippen molar-refractivity contribution >= 4 is 5.91 Å². The summed E-state index contributed by atoms with van der Waals surface area (Å²) in [5.41, 5.74) is 0. The van der Waals surface area contributed by atoms with Crippen molar-refractivity contribution in [1.82, 2.24) is 5.32 Å². The Bertz CT molecular complexity index is 69.3. The lowest BCUT2D eigenvalue weighted by Crippen LogP contribution is -2.27. The molecule has 0 fully saturated rings. The molecule has 0 radical (unpaired) electrons. The number of hydrogen-bond donors (Lipinski definition) is 1. The minimum atomic E-state index is 0.0370. The second-order valence-corrected chi connectivity index (χ2v) is 1.86. The molecule has 0 saturated heterocycles. The van der Waals surface area contributed by atoms with Crippen LogP contribution in [0.2, 0.25) is 0 Å². The van der Waals surface area contributed by atoms with Gasteiger partial charge in [-0.05, 0) is 13.8 Å². The molecule has 0 aliphatic carbocycles. The lowest BCUT2D eigenvalue weighted by molar-refractivity contribution is -0.119. The van der Waals surface area contributed by atoms with Crippen LogP contribution in [0.15, 0.2) is 0 Å². The van der Waals surface area contributed by atoms with Gasteiger partial charge in [0.2, 0.25) is 5.91 Å². The third-order valence-corrected chi connectivity index (χ3v) is 0.492. The van der Waals surface area contributed by atoms with Crippen LogP contribution in [-0.2, 0) is 4.79 Å². The first-order valence-corrected chi connectivity index (χ1v) is 3.40. The predicted molar refractivity (Wildman–Crippen MR) is 40.3 cm³/mol. The fraction of sp³-hybridized carbons (Fsp3) is 0.857. The normalized spacial score (nSPS) is 7.78. The Morgan fingerprint density at radius 3 is 1.67 bits per heavy atom. The van der Waals surface area contributed by atoms with Crippen molar-refractivity contribution in [1.29, 1.82) is 0 Å². The Balaban J connectivity index is 0. The summed E-state index contributed by atoms with van der Waals surface area (Å²) in [6.07, 6.45) is 0. The van der Waals surface area contributed by atoms with Crippen molar-refractivity contribution in [2.45, 2.75) is 40.7 Å². The smallest absolute Gasteiger partial charge is 0.217 e. The first-order valence-electron chi connectivity index (χ1n) is 3.40. The van der Waals surface area contributed by atoms with Gasteiger partial charge in [0.15, 0.2) is 0 Å². The Hall–Kier alpha value is -0.530. The lowest BCUT2D eigenvalue weighted by Gasteiger charge is -2.02. The van der Waals surface area contributed by atoms with Crippen LogP contribution < -0.4 is 5.32 Å². The maximum absolute atomic E-state index is 10.1. The van der Waals surface area contributed by atoms with Crippen LogP contribution >= 0.6 is 0 Å². The Morgan fingerprint density at radius 1 is 1.33 bits per heavy atom. The molecule has 0 atom stereocenters. The molecular weight excluding hydrogens is 114 g/mol. The van der Waals surface area contributed by atoms with Gasteiger partial charge in [-0.15, -0.1) is 0 Å². The minimum Gasteiger partial charge on any atom is -0.354 e. The van der Waals surface area contributed by atoms with E-state index in [0.29, 0.717) is 0 Å². The summed E-state index contributed by atoms with van der Waals surface area (Å²) in [4.78, 5) is 10.1. The van der Waals surface area contributed by atoms with Crippen molar-refractivity contribution in [2.24, 2.45) is 0 Å². The predicted octanol–water partition coefficient (Wildman–Crippen LogP) is 1.56. The zero-order chi connectivity index (χ0) is 7.86. The van der Waals surface area contributed by atoms with E-state index in [1.165, 1.54) is 6.92 Å². The molecule has 0 aliphatic rings. The van der Waals surface area contributed by atoms with E-state index >= 15 is 0 Å². The average Bonchev–Trinajstić information content (AvgIpc) is 1.68. The van der Waals surface area contributed by atoms with Gasteiger partial charge in [-0.1, -0.05) is 13.8 Å². The Labute approximate surface area is 57.6 Å². The average molecular weight is 131 g/mol. The molecule has 9 heavy (non-hydrogen) atoms. The number of carbonyl (C=O) groups excluding carboxylic acids is 1. The first-order chi connectivity index (χ1) is 4.13. The van der Waals surface area contributed by atoms with E-state index in [2.05, 4.69) is 5.32 Å². The summed E-state index contributed by atoms with van der Waals surface area (Å²) in [6, 6.07) is 0.275. The summed E-state index contributed by atoms with van der Waals surface area (Å²) in [5.74, 6) is 0.0370. The molecule has 0 bridgehead atoms. The van der Waals surface area contributed by atoms with Crippen molar-refractivity contribution in [3.8, 4) is 0 Å². The van der Waals surface area contributed by atoms with E-state index < -0.39 is 0 Å². The van der Waals surface area contributed by atoms with E-state index in [9.17, 15) is 4.79 Å². The number of hydrogen-bond acceptors (Lipinski definition) is 1. The third kappa shape index (κ3) is 18.6. The summed E-state index contributed by atoms with van der Waals surface area (Å²) in [5, 5.41) is 2.67. The highest BCUT2D eigenvalue weighted by Gasteiger charge is 1.90. The van der Waals surface area contributed by atoms with E-state index in [0.717, 1.165) is 0 Å². The highest BCUT2D eigenvalue weighted by atomic mass is 16.1. The van der Waals surface area contributed by atoms with Crippen molar-refractivity contribution in [3.63, 3.8) is 0 Å². The second-order valence-electron chi connectivity index (χ2n) is 1.86. The van der Waals surface area contributed by atoms with E-state index in [1.807, 2.05) is 27.7 Å². The molecule has 0 aliphatic heterocycles. The van der Waals surface area contributed by atoms with Gasteiger partial charge in [-0.25, -0.2) is 0 Å². The molecule has 56 valence electrons. The van der Waals surface area contributed by atoms with Crippen molar-refractivity contribution in [2.75, 3.05) is 0 Å². The van der Waals surface area contributed by atoms with Gasteiger partial charge < -0.3 is 5.32 Å². The van der Waals surface area contributed by atoms with Crippen LogP contribution in [0.5, 0.6) is 0 Å². The van der Waals surface area contributed by atoms with Crippen LogP contribution in [0.1, 0.15) is 34.6 Å². The molecule has 0 aromatic rings. The molecule has 2 heteroatoms. The molecule has 0 spiro atoms. The zero-order valence-corrected chi connectivity index (χ0v) is 6.99. The second kappa shape index (κ2) is 7.47. The summed E-state index contributed by atoms with van der Waals surface area (Å²) in [7, 11) is 0. The van der Waals surface area contributed by atoms with Crippen molar-refractivity contribution < 1.29 is 4.79 Å². The minimum absolute atomic E-state index is 0.0370. The molecule has 0 rings (SSSR count). The largest absolute Gasteiger partial charge is 0.354 e. The summed E-state index contributed by atoms with van der Waals surface area (Å²) >= 11 is 0. The molecule has 0 unspecified atom stereocenters. The SMILES string of the molecule is CC.CC(=O)NC(C)C. The third-order valence-electron chi connectivity index (χ3n) is 0.492. The highest BCUT2D eigenvalue weighted by molar-refractivity contribution is 5.73. The first kappa shape index (κ1) is 11.3. The summed E-state index contributed by atoms with van der Waals surface area (Å²) < 4.78 is 0. The number of carbonyl (C=O) groups is 1. The van der Waals surface area contributed by atoms with E-state index in [-0.39, 0.29) is 11.9 Å². The standard InChI is InChI=1S/C5H11NO.C2H6/c1-4(2)6-5(3)7;1-2/h4H,1-3H3,(H,6,7);1-2H3. The van der Waals surface area contributed by atoms with Crippen LogP contribution in [-0.4, -0.2) is 11.9 Å². The summed E-state index contributed by atoms with van der Waals surface area (Å²) in [6.45, 7) is 9.38. The van der Waals surface area contributed by atoms with Crippen molar-refractivity contribution in [3.05, 3.63) is 0 Å². The van der Waals surface area contributed by atoms with E-state index in [1.54, 1.807) is 0 Å². The number of rotatable bonds is 1. The fourth-order valence-corrected chi connectivity index (χ4v) is 0.407. The van der Waals surface area contributed by atoms with Gasteiger partial charge in [0.05, 0.1) is 0 Å². The Kier molecular flexibility index (Phi) is 9.37. The van der Waals surface area contributed by atoms with Gasteiger partial charge >= 0.3 is 0 Å². The Morgan fingerprint density at radius 2 is 1.67 bits per heavy atom. The van der Waals surface area contributed by atoms with Crippen LogP contribution in [0, 0.1) is 0 Å². The van der Waals surface area contributed by atoms with Gasteiger partial charge in [0.1, 0.15) is 0 Å². The van der Waals surface area contributed by atoms with Gasteiger partial charge in [-0.3, -0.25) is 4.79 Å². The quantitative estimate of drug-likeness (QED) is 0.575. The van der Waals surface area contributed by atoms with Crippen LogP contribution in [0.4, 0.5) is 0 Å². The molecular formula is C7H17NO. The monoisotopic (exact) mass is 131 g/mol. The zero-order valence-electron chi connectivity index (χ0n) is 6.99. The van der Waals surface area contributed by atoms with Gasteiger partial charge in [0.25, 0.3) is 0 Å².